The summed E-state index contributed by atoms with van der Waals surface area (Å²) in [5.41, 5.74) is 0.305. The van der Waals surface area contributed by atoms with Crippen LogP contribution < -0.4 is 10.2 Å². The topological polar surface area (TPSA) is 49.4 Å². The number of rotatable bonds is 4. The van der Waals surface area contributed by atoms with Gasteiger partial charge in [0.25, 0.3) is 11.8 Å². The summed E-state index contributed by atoms with van der Waals surface area (Å²) in [7, 11) is 0. The Morgan fingerprint density at radius 3 is 2.19 bits per heavy atom. The van der Waals surface area contributed by atoms with E-state index in [1.807, 2.05) is 13.0 Å². The summed E-state index contributed by atoms with van der Waals surface area (Å²) in [5.74, 6) is -2.15. The van der Waals surface area contributed by atoms with Gasteiger partial charge in [-0.05, 0) is 60.5 Å². The fraction of sp³-hybridized carbons (Fsp3) is 0.0833. The normalized spacial score (nSPS) is 14.3. The minimum atomic E-state index is -4.64. The molecule has 0 bridgehead atoms. The Balaban J connectivity index is 1.82. The molecule has 1 heterocycles. The third-order valence-corrected chi connectivity index (χ3v) is 4.94. The van der Waals surface area contributed by atoms with Crippen LogP contribution in [0.5, 0.6) is 0 Å². The average molecular weight is 440 g/mol. The Morgan fingerprint density at radius 1 is 0.844 bits per heavy atom. The number of carbonyl (C=O) groups is 2. The zero-order chi connectivity index (χ0) is 23.0. The molecular formula is C24H16F4N2O2. The van der Waals surface area contributed by atoms with E-state index in [1.54, 1.807) is 18.2 Å². The van der Waals surface area contributed by atoms with Gasteiger partial charge in [-0.25, -0.2) is 9.29 Å². The maximum atomic E-state index is 13.4. The Morgan fingerprint density at radius 2 is 1.53 bits per heavy atom. The quantitative estimate of drug-likeness (QED) is 0.428. The number of halogens is 4. The van der Waals surface area contributed by atoms with E-state index in [2.05, 4.69) is 5.32 Å². The SMILES string of the molecule is Cc1cccc(NC2=C(c3ccc(F)cc3)C(=O)N(c3cccc(C(F)(F)F)c3)C2=O)c1. The van der Waals surface area contributed by atoms with Crippen molar-refractivity contribution in [1.29, 1.82) is 0 Å². The number of aryl methyl sites for hydroxylation is 1. The number of nitrogens with one attached hydrogen (secondary N) is 1. The van der Waals surface area contributed by atoms with Crippen LogP contribution in [-0.2, 0) is 15.8 Å². The predicted molar refractivity (Wildman–Crippen MR) is 112 cm³/mol. The standard InChI is InChI=1S/C24H16F4N2O2/c1-14-4-2-6-18(12-14)29-21-20(15-8-10-17(25)11-9-15)22(31)30(23(21)32)19-7-3-5-16(13-19)24(26,27)28/h2-13,29H,1H3. The largest absolute Gasteiger partial charge is 0.416 e. The monoisotopic (exact) mass is 440 g/mol. The van der Waals surface area contributed by atoms with Gasteiger partial charge in [-0.1, -0.05) is 30.3 Å². The van der Waals surface area contributed by atoms with Crippen LogP contribution in [0, 0.1) is 12.7 Å². The number of imide groups is 1. The van der Waals surface area contributed by atoms with Gasteiger partial charge in [0.2, 0.25) is 0 Å². The van der Waals surface area contributed by atoms with E-state index in [0.717, 1.165) is 35.9 Å². The highest BCUT2D eigenvalue weighted by Crippen LogP contribution is 2.37. The van der Waals surface area contributed by atoms with Crippen molar-refractivity contribution >= 4 is 28.8 Å². The van der Waals surface area contributed by atoms with E-state index in [-0.39, 0.29) is 22.5 Å². The molecule has 1 N–H and O–H groups in total. The first-order chi connectivity index (χ1) is 15.1. The highest BCUT2D eigenvalue weighted by Gasteiger charge is 2.41. The van der Waals surface area contributed by atoms with Crippen LogP contribution >= 0.6 is 0 Å². The lowest BCUT2D eigenvalue weighted by molar-refractivity contribution is -0.137. The number of benzene rings is 3. The zero-order valence-corrected chi connectivity index (χ0v) is 16.7. The number of carbonyl (C=O) groups excluding carboxylic acids is 2. The van der Waals surface area contributed by atoms with Crippen molar-refractivity contribution < 1.29 is 27.2 Å². The van der Waals surface area contributed by atoms with E-state index in [1.165, 1.54) is 18.2 Å². The maximum absolute atomic E-state index is 13.4. The fourth-order valence-electron chi connectivity index (χ4n) is 3.45. The van der Waals surface area contributed by atoms with Crippen molar-refractivity contribution in [3.8, 4) is 0 Å². The number of amides is 2. The molecule has 0 aromatic heterocycles. The molecule has 0 aliphatic carbocycles. The number of hydrogen-bond donors (Lipinski definition) is 1. The van der Waals surface area contributed by atoms with Gasteiger partial charge in [0.05, 0.1) is 16.8 Å². The van der Waals surface area contributed by atoms with Crippen molar-refractivity contribution in [2.75, 3.05) is 10.2 Å². The first kappa shape index (κ1) is 21.3. The summed E-state index contributed by atoms with van der Waals surface area (Å²) < 4.78 is 53.0. The summed E-state index contributed by atoms with van der Waals surface area (Å²) >= 11 is 0. The minimum absolute atomic E-state index is 0.0612. The molecule has 0 atom stereocenters. The van der Waals surface area contributed by atoms with Crippen molar-refractivity contribution in [3.63, 3.8) is 0 Å². The van der Waals surface area contributed by atoms with Gasteiger partial charge in [0, 0.05) is 5.69 Å². The van der Waals surface area contributed by atoms with Crippen molar-refractivity contribution in [3.05, 3.63) is 101 Å². The molecule has 0 spiro atoms. The van der Waals surface area contributed by atoms with Crippen LogP contribution in [0.25, 0.3) is 5.57 Å². The summed E-state index contributed by atoms with van der Waals surface area (Å²) in [6.45, 7) is 1.84. The molecule has 8 heteroatoms. The second-order valence-corrected chi connectivity index (χ2v) is 7.25. The van der Waals surface area contributed by atoms with Gasteiger partial charge >= 0.3 is 6.18 Å². The molecule has 3 aromatic rings. The van der Waals surface area contributed by atoms with Gasteiger partial charge in [0.1, 0.15) is 11.5 Å². The molecule has 4 nitrogen and oxygen atoms in total. The Hall–Kier alpha value is -3.94. The van der Waals surface area contributed by atoms with Gasteiger partial charge < -0.3 is 5.32 Å². The highest BCUT2D eigenvalue weighted by molar-refractivity contribution is 6.46. The molecule has 3 aromatic carbocycles. The van der Waals surface area contributed by atoms with Crippen LogP contribution in [0.1, 0.15) is 16.7 Å². The Kier molecular flexibility index (Phi) is 5.30. The second-order valence-electron chi connectivity index (χ2n) is 7.25. The summed E-state index contributed by atoms with van der Waals surface area (Å²) in [6.07, 6.45) is -4.64. The molecule has 0 radical (unpaired) electrons. The predicted octanol–water partition coefficient (Wildman–Crippen LogP) is 5.55. The zero-order valence-electron chi connectivity index (χ0n) is 16.7. The molecule has 2 amide bonds. The van der Waals surface area contributed by atoms with Gasteiger partial charge in [-0.2, -0.15) is 13.2 Å². The van der Waals surface area contributed by atoms with Crippen LogP contribution in [-0.4, -0.2) is 11.8 Å². The molecule has 1 aliphatic rings. The molecule has 32 heavy (non-hydrogen) atoms. The van der Waals surface area contributed by atoms with Crippen molar-refractivity contribution in [2.45, 2.75) is 13.1 Å². The minimum Gasteiger partial charge on any atom is -0.350 e. The van der Waals surface area contributed by atoms with E-state index >= 15 is 0 Å². The molecule has 0 saturated heterocycles. The van der Waals surface area contributed by atoms with Crippen LogP contribution in [0.2, 0.25) is 0 Å². The van der Waals surface area contributed by atoms with E-state index < -0.39 is 29.4 Å². The first-order valence-corrected chi connectivity index (χ1v) is 9.55. The highest BCUT2D eigenvalue weighted by atomic mass is 19.4. The molecule has 0 unspecified atom stereocenters. The lowest BCUT2D eigenvalue weighted by Crippen LogP contribution is -2.32. The summed E-state index contributed by atoms with van der Waals surface area (Å²) in [4.78, 5) is 27.2. The van der Waals surface area contributed by atoms with Gasteiger partial charge in [-0.3, -0.25) is 9.59 Å². The lowest BCUT2D eigenvalue weighted by Gasteiger charge is -2.17. The lowest BCUT2D eigenvalue weighted by atomic mass is 10.0. The van der Waals surface area contributed by atoms with Gasteiger partial charge in [-0.15, -0.1) is 0 Å². The molecule has 4 rings (SSSR count). The van der Waals surface area contributed by atoms with E-state index in [0.29, 0.717) is 10.6 Å². The smallest absolute Gasteiger partial charge is 0.350 e. The summed E-state index contributed by atoms with van der Waals surface area (Å²) in [6, 6.07) is 16.0. The molecule has 0 saturated carbocycles. The van der Waals surface area contributed by atoms with Crippen LogP contribution in [0.15, 0.2) is 78.5 Å². The van der Waals surface area contributed by atoms with Crippen LogP contribution in [0.3, 0.4) is 0 Å². The Bertz CT molecular complexity index is 1250. The Labute approximate surface area is 180 Å². The number of hydrogen-bond acceptors (Lipinski definition) is 3. The number of anilines is 2. The first-order valence-electron chi connectivity index (χ1n) is 9.55. The second kappa shape index (κ2) is 7.96. The summed E-state index contributed by atoms with van der Waals surface area (Å²) in [5, 5.41) is 2.92. The van der Waals surface area contributed by atoms with E-state index in [4.69, 9.17) is 0 Å². The molecule has 1 aliphatic heterocycles. The molecular weight excluding hydrogens is 424 g/mol. The third-order valence-electron chi connectivity index (χ3n) is 4.94. The number of nitrogens with zero attached hydrogens (tertiary/aromatic N) is 1. The third kappa shape index (κ3) is 3.99. The fourth-order valence-corrected chi connectivity index (χ4v) is 3.45. The van der Waals surface area contributed by atoms with Crippen LogP contribution in [0.4, 0.5) is 28.9 Å². The van der Waals surface area contributed by atoms with E-state index in [9.17, 15) is 27.2 Å². The maximum Gasteiger partial charge on any atom is 0.416 e. The average Bonchev–Trinajstić information content (AvgIpc) is 2.98. The van der Waals surface area contributed by atoms with Crippen molar-refractivity contribution in [1.82, 2.24) is 0 Å². The molecule has 162 valence electrons. The van der Waals surface area contributed by atoms with Crippen molar-refractivity contribution in [2.24, 2.45) is 0 Å². The number of alkyl halides is 3. The molecule has 0 fully saturated rings. The van der Waals surface area contributed by atoms with Gasteiger partial charge in [0.15, 0.2) is 0 Å².